The normalized spacial score (nSPS) is 12.9. The van der Waals surface area contributed by atoms with E-state index in [1.165, 1.54) is 4.88 Å². The lowest BCUT2D eigenvalue weighted by atomic mass is 10.2. The van der Waals surface area contributed by atoms with E-state index in [0.717, 1.165) is 26.5 Å². The van der Waals surface area contributed by atoms with E-state index in [4.69, 9.17) is 11.6 Å². The predicted octanol–water partition coefficient (Wildman–Crippen LogP) is 4.50. The van der Waals surface area contributed by atoms with Crippen LogP contribution in [0.2, 0.25) is 4.34 Å². The van der Waals surface area contributed by atoms with Gasteiger partial charge in [-0.05, 0) is 32.5 Å². The van der Waals surface area contributed by atoms with Crippen molar-refractivity contribution in [2.75, 3.05) is 6.54 Å². The highest BCUT2D eigenvalue weighted by Gasteiger charge is 2.15. The molecule has 0 aliphatic rings. The summed E-state index contributed by atoms with van der Waals surface area (Å²) >= 11 is 9.29. The average molecular weight is 287 g/mol. The van der Waals surface area contributed by atoms with Crippen molar-refractivity contribution in [2.24, 2.45) is 0 Å². The standard InChI is InChI=1S/C12H15ClN2S2/c1-4-14-7(2)11-8(3)15-12(17-11)9-5-6-10(13)16-9/h5-7,14H,4H2,1-3H3. The van der Waals surface area contributed by atoms with Crippen molar-refractivity contribution >= 4 is 34.3 Å². The molecule has 0 aliphatic heterocycles. The molecule has 1 N–H and O–H groups in total. The second kappa shape index (κ2) is 5.48. The Morgan fingerprint density at radius 3 is 2.76 bits per heavy atom. The van der Waals surface area contributed by atoms with Crippen molar-refractivity contribution in [3.05, 3.63) is 27.0 Å². The van der Waals surface area contributed by atoms with Crippen LogP contribution in [0, 0.1) is 6.92 Å². The molecule has 0 fully saturated rings. The smallest absolute Gasteiger partial charge is 0.133 e. The van der Waals surface area contributed by atoms with Crippen LogP contribution in [0.1, 0.15) is 30.5 Å². The van der Waals surface area contributed by atoms with Crippen LogP contribution in [0.4, 0.5) is 0 Å². The van der Waals surface area contributed by atoms with E-state index >= 15 is 0 Å². The number of thiazole rings is 1. The number of nitrogens with zero attached hydrogens (tertiary/aromatic N) is 1. The molecule has 0 saturated heterocycles. The Hall–Kier alpha value is -0.420. The van der Waals surface area contributed by atoms with Crippen molar-refractivity contribution in [2.45, 2.75) is 26.8 Å². The topological polar surface area (TPSA) is 24.9 Å². The van der Waals surface area contributed by atoms with Crippen LogP contribution in [-0.2, 0) is 0 Å². The van der Waals surface area contributed by atoms with E-state index in [-0.39, 0.29) is 0 Å². The fourth-order valence-electron chi connectivity index (χ4n) is 1.74. The Morgan fingerprint density at radius 2 is 2.18 bits per heavy atom. The fraction of sp³-hybridized carbons (Fsp3) is 0.417. The monoisotopic (exact) mass is 286 g/mol. The molecule has 0 aromatic carbocycles. The van der Waals surface area contributed by atoms with E-state index in [1.54, 1.807) is 22.7 Å². The van der Waals surface area contributed by atoms with Crippen molar-refractivity contribution in [1.29, 1.82) is 0 Å². The Bertz CT molecular complexity index is 504. The average Bonchev–Trinajstić information content (AvgIpc) is 2.85. The minimum atomic E-state index is 0.363. The predicted molar refractivity (Wildman–Crippen MR) is 77.3 cm³/mol. The maximum absolute atomic E-state index is 5.95. The summed E-state index contributed by atoms with van der Waals surface area (Å²) in [5, 5.41) is 4.49. The third-order valence-corrected chi connectivity index (χ3v) is 5.26. The van der Waals surface area contributed by atoms with Gasteiger partial charge in [0.1, 0.15) is 5.01 Å². The summed E-state index contributed by atoms with van der Waals surface area (Å²) in [6.07, 6.45) is 0. The molecule has 0 amide bonds. The van der Waals surface area contributed by atoms with Gasteiger partial charge in [-0.15, -0.1) is 22.7 Å². The number of aromatic nitrogens is 1. The lowest BCUT2D eigenvalue weighted by Gasteiger charge is -2.09. The third-order valence-electron chi connectivity index (χ3n) is 2.52. The molecule has 0 radical (unpaired) electrons. The van der Waals surface area contributed by atoms with E-state index in [2.05, 4.69) is 31.1 Å². The minimum absolute atomic E-state index is 0.363. The Morgan fingerprint density at radius 1 is 1.41 bits per heavy atom. The summed E-state index contributed by atoms with van der Waals surface area (Å²) in [6.45, 7) is 7.33. The summed E-state index contributed by atoms with van der Waals surface area (Å²) in [5.41, 5.74) is 1.11. The molecule has 1 atom stereocenters. The molecule has 2 aromatic heterocycles. The van der Waals surface area contributed by atoms with Gasteiger partial charge in [0, 0.05) is 10.9 Å². The summed E-state index contributed by atoms with van der Waals surface area (Å²) in [5.74, 6) is 0. The molecule has 0 saturated carbocycles. The molecule has 0 bridgehead atoms. The molecule has 2 nitrogen and oxygen atoms in total. The first kappa shape index (κ1) is 13.0. The van der Waals surface area contributed by atoms with Gasteiger partial charge in [-0.1, -0.05) is 18.5 Å². The largest absolute Gasteiger partial charge is 0.310 e. The third kappa shape index (κ3) is 2.88. The second-order valence-corrected chi connectivity index (χ2v) is 6.60. The number of thiophene rings is 1. The maximum Gasteiger partial charge on any atom is 0.133 e. The number of halogens is 1. The zero-order valence-electron chi connectivity index (χ0n) is 10.1. The minimum Gasteiger partial charge on any atom is -0.310 e. The Balaban J connectivity index is 2.30. The number of hydrogen-bond donors (Lipinski definition) is 1. The van der Waals surface area contributed by atoms with Crippen LogP contribution in [0.5, 0.6) is 0 Å². The fourth-order valence-corrected chi connectivity index (χ4v) is 3.93. The van der Waals surface area contributed by atoms with Gasteiger partial charge in [-0.2, -0.15) is 0 Å². The van der Waals surface area contributed by atoms with Crippen molar-refractivity contribution in [3.63, 3.8) is 0 Å². The number of nitrogens with one attached hydrogen (secondary N) is 1. The highest BCUT2D eigenvalue weighted by atomic mass is 35.5. The van der Waals surface area contributed by atoms with Crippen LogP contribution in [0.25, 0.3) is 9.88 Å². The van der Waals surface area contributed by atoms with E-state index in [9.17, 15) is 0 Å². The molecule has 0 spiro atoms. The van der Waals surface area contributed by atoms with Crippen LogP contribution in [-0.4, -0.2) is 11.5 Å². The van der Waals surface area contributed by atoms with Gasteiger partial charge < -0.3 is 5.32 Å². The quantitative estimate of drug-likeness (QED) is 0.895. The lowest BCUT2D eigenvalue weighted by Crippen LogP contribution is -2.17. The highest BCUT2D eigenvalue weighted by Crippen LogP contribution is 2.36. The molecule has 17 heavy (non-hydrogen) atoms. The zero-order chi connectivity index (χ0) is 12.4. The van der Waals surface area contributed by atoms with Crippen molar-refractivity contribution in [1.82, 2.24) is 10.3 Å². The van der Waals surface area contributed by atoms with Gasteiger partial charge in [0.25, 0.3) is 0 Å². The van der Waals surface area contributed by atoms with Gasteiger partial charge >= 0.3 is 0 Å². The van der Waals surface area contributed by atoms with Crippen LogP contribution < -0.4 is 5.32 Å². The number of aryl methyl sites for hydroxylation is 1. The first-order valence-corrected chi connectivity index (χ1v) is 7.59. The molecular weight excluding hydrogens is 272 g/mol. The summed E-state index contributed by atoms with van der Waals surface area (Å²) < 4.78 is 0.814. The molecule has 2 aromatic rings. The summed E-state index contributed by atoms with van der Waals surface area (Å²) in [4.78, 5) is 7.09. The first-order chi connectivity index (χ1) is 8.11. The molecule has 0 aliphatic carbocycles. The first-order valence-electron chi connectivity index (χ1n) is 5.58. The molecule has 2 rings (SSSR count). The maximum atomic E-state index is 5.95. The number of rotatable bonds is 4. The molecule has 1 unspecified atom stereocenters. The number of hydrogen-bond acceptors (Lipinski definition) is 4. The van der Waals surface area contributed by atoms with Gasteiger partial charge in [-0.3, -0.25) is 0 Å². The molecule has 2 heterocycles. The molecule has 92 valence electrons. The van der Waals surface area contributed by atoms with Crippen molar-refractivity contribution in [3.8, 4) is 9.88 Å². The second-order valence-electron chi connectivity index (χ2n) is 3.85. The van der Waals surface area contributed by atoms with Crippen LogP contribution in [0.15, 0.2) is 12.1 Å². The SMILES string of the molecule is CCNC(C)c1sc(-c2ccc(Cl)s2)nc1C. The van der Waals surface area contributed by atoms with Crippen LogP contribution >= 0.6 is 34.3 Å². The van der Waals surface area contributed by atoms with Crippen LogP contribution in [0.3, 0.4) is 0 Å². The molecule has 5 heteroatoms. The van der Waals surface area contributed by atoms with E-state index in [1.807, 2.05) is 12.1 Å². The van der Waals surface area contributed by atoms with E-state index in [0.29, 0.717) is 6.04 Å². The summed E-state index contributed by atoms with van der Waals surface area (Å²) in [7, 11) is 0. The van der Waals surface area contributed by atoms with Gasteiger partial charge in [0.05, 0.1) is 14.9 Å². The van der Waals surface area contributed by atoms with Gasteiger partial charge in [0.2, 0.25) is 0 Å². The highest BCUT2D eigenvalue weighted by molar-refractivity contribution is 7.23. The Labute approximate surface area is 115 Å². The Kier molecular flexibility index (Phi) is 4.20. The zero-order valence-corrected chi connectivity index (χ0v) is 12.5. The lowest BCUT2D eigenvalue weighted by molar-refractivity contribution is 0.603. The van der Waals surface area contributed by atoms with Crippen molar-refractivity contribution < 1.29 is 0 Å². The van der Waals surface area contributed by atoms with Gasteiger partial charge in [-0.25, -0.2) is 4.98 Å². The van der Waals surface area contributed by atoms with Gasteiger partial charge in [0.15, 0.2) is 0 Å². The summed E-state index contributed by atoms with van der Waals surface area (Å²) in [6, 6.07) is 4.32. The van der Waals surface area contributed by atoms with E-state index < -0.39 is 0 Å². The molecular formula is C12H15ClN2S2.